The van der Waals surface area contributed by atoms with Gasteiger partial charge in [-0.25, -0.2) is 35.8 Å². The molecule has 0 aliphatic heterocycles. The average molecular weight is 742 g/mol. The van der Waals surface area contributed by atoms with E-state index in [1.165, 1.54) is 5.01 Å². The van der Waals surface area contributed by atoms with E-state index in [1.807, 2.05) is 20.8 Å². The molecule has 3 aliphatic rings. The Bertz CT molecular complexity index is 1260. The number of aliphatic hydroxyl groups is 1. The SMILES string of the molecule is CCCN(CC(O)C(CC1CC(F)CC(F)C1)NC(=O)C1CC(C(=O)N(CCC)CCC)CC(S(N)(=O)=O)C1)NS(=O)(=O)C1CCCCC1. The van der Waals surface area contributed by atoms with Gasteiger partial charge in [0.1, 0.15) is 12.3 Å². The summed E-state index contributed by atoms with van der Waals surface area (Å²) in [6, 6.07) is -1.02. The monoisotopic (exact) mass is 741 g/mol. The summed E-state index contributed by atoms with van der Waals surface area (Å²) in [5, 5.41) is 19.7. The number of hydrazine groups is 1. The fraction of sp³-hybridized carbons (Fsp3) is 0.939. The Hall–Kier alpha value is -1.46. The Balaban J connectivity index is 1.84. The second-order valence-corrected chi connectivity index (χ2v) is 18.4. The van der Waals surface area contributed by atoms with Crippen LogP contribution in [0.15, 0.2) is 0 Å². The highest BCUT2D eigenvalue weighted by molar-refractivity contribution is 7.90. The fourth-order valence-corrected chi connectivity index (χ4v) is 10.6. The summed E-state index contributed by atoms with van der Waals surface area (Å²) in [5.41, 5.74) is 0. The topological polar surface area (TPSA) is 179 Å². The van der Waals surface area contributed by atoms with E-state index in [-0.39, 0.29) is 63.9 Å². The smallest absolute Gasteiger partial charge is 0.227 e. The van der Waals surface area contributed by atoms with Crippen molar-refractivity contribution in [3.8, 4) is 0 Å². The van der Waals surface area contributed by atoms with Gasteiger partial charge in [0.05, 0.1) is 22.6 Å². The lowest BCUT2D eigenvalue weighted by Crippen LogP contribution is -2.56. The standard InChI is InChI=1S/C33H61F2N5O7S2/c1-4-12-39(13-5-2)33(43)25-18-24(19-29(20-25)48(36,44)45)32(42)37-30(17-23-15-26(34)21-27(35)16-23)31(41)22-40(14-6-3)38-49(46,47)28-10-8-7-9-11-28/h23-31,38,41H,4-22H2,1-3H3,(H,37,42)(H2,36,44,45). The number of hydrogen-bond acceptors (Lipinski definition) is 8. The molecule has 0 bridgehead atoms. The summed E-state index contributed by atoms with van der Waals surface area (Å²) in [5.74, 6) is -2.97. The third-order valence-corrected chi connectivity index (χ3v) is 13.5. The van der Waals surface area contributed by atoms with Crippen LogP contribution in [0, 0.1) is 17.8 Å². The number of carbonyl (C=O) groups is 2. The Morgan fingerprint density at radius 2 is 1.39 bits per heavy atom. The molecule has 0 aromatic heterocycles. The number of hydrogen-bond donors (Lipinski definition) is 4. The molecule has 7 atom stereocenters. The van der Waals surface area contributed by atoms with Crippen molar-refractivity contribution in [1.82, 2.24) is 20.1 Å². The third kappa shape index (κ3) is 12.9. The van der Waals surface area contributed by atoms with E-state index in [4.69, 9.17) is 5.14 Å². The molecule has 0 radical (unpaired) electrons. The van der Waals surface area contributed by atoms with Gasteiger partial charge in [-0.3, -0.25) is 9.59 Å². The summed E-state index contributed by atoms with van der Waals surface area (Å²) >= 11 is 0. The largest absolute Gasteiger partial charge is 0.390 e. The second-order valence-electron chi connectivity index (χ2n) is 14.7. The minimum atomic E-state index is -4.09. The van der Waals surface area contributed by atoms with Crippen molar-refractivity contribution in [1.29, 1.82) is 0 Å². The Kier molecular flexibility index (Phi) is 16.6. The Morgan fingerprint density at radius 3 is 1.94 bits per heavy atom. The van der Waals surface area contributed by atoms with Crippen LogP contribution in [0.4, 0.5) is 8.78 Å². The molecule has 5 N–H and O–H groups in total. The maximum atomic E-state index is 14.4. The number of rotatable bonds is 18. The number of nitrogens with one attached hydrogen (secondary N) is 2. The predicted molar refractivity (Wildman–Crippen MR) is 185 cm³/mol. The Morgan fingerprint density at radius 1 is 0.816 bits per heavy atom. The van der Waals surface area contributed by atoms with Gasteiger partial charge in [-0.1, -0.05) is 40.0 Å². The highest BCUT2D eigenvalue weighted by Crippen LogP contribution is 2.35. The van der Waals surface area contributed by atoms with Gasteiger partial charge in [0.2, 0.25) is 31.9 Å². The highest BCUT2D eigenvalue weighted by Gasteiger charge is 2.43. The Labute approximate surface area is 292 Å². The number of alkyl halides is 2. The minimum Gasteiger partial charge on any atom is -0.390 e. The zero-order valence-corrected chi connectivity index (χ0v) is 31.2. The quantitative estimate of drug-likeness (QED) is 0.155. The van der Waals surface area contributed by atoms with E-state index in [0.717, 1.165) is 19.3 Å². The molecule has 16 heteroatoms. The van der Waals surface area contributed by atoms with Crippen LogP contribution >= 0.6 is 0 Å². The van der Waals surface area contributed by atoms with Crippen molar-refractivity contribution < 1.29 is 40.3 Å². The average Bonchev–Trinajstić information content (AvgIpc) is 3.03. The summed E-state index contributed by atoms with van der Waals surface area (Å²) in [4.78, 5) is 31.8. The van der Waals surface area contributed by atoms with E-state index >= 15 is 0 Å². The van der Waals surface area contributed by atoms with Crippen molar-refractivity contribution in [2.24, 2.45) is 22.9 Å². The number of carbonyl (C=O) groups excluding carboxylic acids is 2. The second kappa shape index (κ2) is 19.4. The van der Waals surface area contributed by atoms with Crippen LogP contribution in [0.2, 0.25) is 0 Å². The first-order valence-corrected chi connectivity index (χ1v) is 21.6. The molecule has 3 fully saturated rings. The van der Waals surface area contributed by atoms with Gasteiger partial charge in [0.25, 0.3) is 0 Å². The van der Waals surface area contributed by atoms with Gasteiger partial charge in [-0.05, 0) is 76.5 Å². The summed E-state index contributed by atoms with van der Waals surface area (Å²) in [6.07, 6.45) is 1.58. The molecule has 3 rings (SSSR count). The highest BCUT2D eigenvalue weighted by atomic mass is 32.2. The number of halogens is 2. The minimum absolute atomic E-state index is 0.00238. The first-order valence-electron chi connectivity index (χ1n) is 18.4. The maximum absolute atomic E-state index is 14.4. The van der Waals surface area contributed by atoms with Gasteiger partial charge >= 0.3 is 0 Å². The van der Waals surface area contributed by atoms with Crippen LogP contribution < -0.4 is 15.3 Å². The lowest BCUT2D eigenvalue weighted by molar-refractivity contribution is -0.138. The molecule has 0 aromatic rings. The molecule has 49 heavy (non-hydrogen) atoms. The molecular weight excluding hydrogens is 681 g/mol. The summed E-state index contributed by atoms with van der Waals surface area (Å²) < 4.78 is 80.5. The van der Waals surface area contributed by atoms with Crippen LogP contribution in [-0.4, -0.2) is 105 Å². The third-order valence-electron chi connectivity index (χ3n) is 10.4. The van der Waals surface area contributed by atoms with Gasteiger partial charge in [-0.15, -0.1) is 4.83 Å². The first-order chi connectivity index (χ1) is 23.1. The van der Waals surface area contributed by atoms with Gasteiger partial charge in [-0.2, -0.15) is 0 Å². The van der Waals surface area contributed by atoms with Crippen molar-refractivity contribution >= 4 is 31.9 Å². The molecule has 3 aliphatic carbocycles. The summed E-state index contributed by atoms with van der Waals surface area (Å²) in [7, 11) is -7.83. The van der Waals surface area contributed by atoms with E-state index in [1.54, 1.807) is 4.90 Å². The molecule has 3 saturated carbocycles. The molecule has 286 valence electrons. The van der Waals surface area contributed by atoms with E-state index < -0.39 is 78.7 Å². The number of primary sulfonamides is 1. The molecular formula is C33H61F2N5O7S2. The molecule has 0 aromatic carbocycles. The van der Waals surface area contributed by atoms with Crippen LogP contribution in [-0.2, 0) is 29.6 Å². The number of aliphatic hydroxyl groups excluding tert-OH is 1. The van der Waals surface area contributed by atoms with Gasteiger partial charge in [0, 0.05) is 44.4 Å². The van der Waals surface area contributed by atoms with Crippen LogP contribution in [0.5, 0.6) is 0 Å². The van der Waals surface area contributed by atoms with Crippen molar-refractivity contribution in [2.45, 2.75) is 152 Å². The maximum Gasteiger partial charge on any atom is 0.227 e. The number of sulfonamides is 2. The van der Waals surface area contributed by atoms with Crippen LogP contribution in [0.1, 0.15) is 117 Å². The number of nitrogens with zero attached hydrogens (tertiary/aromatic N) is 2. The summed E-state index contributed by atoms with van der Waals surface area (Å²) in [6.45, 7) is 6.83. The molecule has 0 spiro atoms. The van der Waals surface area contributed by atoms with Crippen molar-refractivity contribution in [3.05, 3.63) is 0 Å². The first kappa shape index (κ1) is 42.0. The van der Waals surface area contributed by atoms with E-state index in [9.17, 15) is 40.3 Å². The predicted octanol–water partition coefficient (Wildman–Crippen LogP) is 3.30. The molecule has 12 nitrogen and oxygen atoms in total. The molecule has 7 unspecified atom stereocenters. The van der Waals surface area contributed by atoms with Gasteiger partial charge < -0.3 is 15.3 Å². The van der Waals surface area contributed by atoms with Crippen molar-refractivity contribution in [2.75, 3.05) is 26.2 Å². The number of nitrogens with two attached hydrogens (primary N) is 1. The molecule has 0 saturated heterocycles. The lowest BCUT2D eigenvalue weighted by atomic mass is 9.79. The van der Waals surface area contributed by atoms with Crippen molar-refractivity contribution in [3.63, 3.8) is 0 Å². The van der Waals surface area contributed by atoms with Crippen LogP contribution in [0.3, 0.4) is 0 Å². The number of amides is 2. The van der Waals surface area contributed by atoms with E-state index in [0.29, 0.717) is 45.2 Å². The molecule has 0 heterocycles. The van der Waals surface area contributed by atoms with Crippen LogP contribution in [0.25, 0.3) is 0 Å². The fourth-order valence-electron chi connectivity index (χ4n) is 7.96. The molecule has 2 amide bonds. The lowest BCUT2D eigenvalue weighted by Gasteiger charge is -2.38. The normalized spacial score (nSPS) is 28.6. The zero-order chi connectivity index (χ0) is 36.4. The van der Waals surface area contributed by atoms with E-state index in [2.05, 4.69) is 10.1 Å². The zero-order valence-electron chi connectivity index (χ0n) is 29.6. The van der Waals surface area contributed by atoms with Gasteiger partial charge in [0.15, 0.2) is 0 Å².